The van der Waals surface area contributed by atoms with E-state index in [1.54, 1.807) is 6.07 Å². The molecule has 1 heterocycles. The summed E-state index contributed by atoms with van der Waals surface area (Å²) < 4.78 is 50.2. The Hall–Kier alpha value is -1.60. The molecular formula is C16H20F3NO3. The van der Waals surface area contributed by atoms with Crippen LogP contribution in [0.2, 0.25) is 0 Å². The summed E-state index contributed by atoms with van der Waals surface area (Å²) in [5.41, 5.74) is -0.0142. The van der Waals surface area contributed by atoms with Crippen LogP contribution in [0.25, 0.3) is 0 Å². The van der Waals surface area contributed by atoms with Crippen molar-refractivity contribution in [3.8, 4) is 0 Å². The second-order valence-electron chi connectivity index (χ2n) is 5.50. The monoisotopic (exact) mass is 331 g/mol. The number of alkyl halides is 3. The number of benzene rings is 1. The molecule has 1 aliphatic heterocycles. The first kappa shape index (κ1) is 17.7. The Morgan fingerprint density at radius 3 is 2.65 bits per heavy atom. The second kappa shape index (κ2) is 7.79. The minimum absolute atomic E-state index is 0.0142. The molecule has 1 saturated heterocycles. The van der Waals surface area contributed by atoms with Gasteiger partial charge in [0.2, 0.25) is 5.91 Å². The SMILES string of the molecule is C[C@H](OC[C@@H]1CCCO1)C(=O)N[C@H](c1ccccc1)C(F)(F)F. The van der Waals surface area contributed by atoms with E-state index in [4.69, 9.17) is 9.47 Å². The average Bonchev–Trinajstić information content (AvgIpc) is 3.03. The van der Waals surface area contributed by atoms with Crippen molar-refractivity contribution in [2.24, 2.45) is 0 Å². The lowest BCUT2D eigenvalue weighted by Gasteiger charge is -2.24. The average molecular weight is 331 g/mol. The minimum atomic E-state index is -4.58. The van der Waals surface area contributed by atoms with Crippen LogP contribution in [0, 0.1) is 0 Å². The van der Waals surface area contributed by atoms with Crippen LogP contribution in [0.1, 0.15) is 31.4 Å². The fourth-order valence-electron chi connectivity index (χ4n) is 2.36. The van der Waals surface area contributed by atoms with E-state index in [0.717, 1.165) is 12.8 Å². The molecule has 1 fully saturated rings. The zero-order valence-electron chi connectivity index (χ0n) is 12.8. The van der Waals surface area contributed by atoms with E-state index in [9.17, 15) is 18.0 Å². The molecule has 1 amide bonds. The van der Waals surface area contributed by atoms with E-state index in [-0.39, 0.29) is 18.3 Å². The highest BCUT2D eigenvalue weighted by Gasteiger charge is 2.42. The lowest BCUT2D eigenvalue weighted by atomic mass is 10.1. The highest BCUT2D eigenvalue weighted by atomic mass is 19.4. The highest BCUT2D eigenvalue weighted by Crippen LogP contribution is 2.32. The van der Waals surface area contributed by atoms with Crippen LogP contribution in [-0.2, 0) is 14.3 Å². The molecule has 128 valence electrons. The molecule has 0 radical (unpaired) electrons. The predicted octanol–water partition coefficient (Wildman–Crippen LogP) is 2.99. The largest absolute Gasteiger partial charge is 0.412 e. The predicted molar refractivity (Wildman–Crippen MR) is 77.8 cm³/mol. The number of amides is 1. The van der Waals surface area contributed by atoms with Crippen LogP contribution in [0.5, 0.6) is 0 Å². The molecule has 0 saturated carbocycles. The maximum absolute atomic E-state index is 13.2. The van der Waals surface area contributed by atoms with E-state index < -0.39 is 24.2 Å². The summed E-state index contributed by atoms with van der Waals surface area (Å²) in [5, 5.41) is 2.02. The molecule has 0 unspecified atom stereocenters. The molecule has 4 nitrogen and oxygen atoms in total. The zero-order valence-corrected chi connectivity index (χ0v) is 12.8. The molecule has 0 spiro atoms. The van der Waals surface area contributed by atoms with Gasteiger partial charge in [-0.1, -0.05) is 30.3 Å². The number of carbonyl (C=O) groups is 1. The van der Waals surface area contributed by atoms with E-state index in [1.807, 2.05) is 5.32 Å². The fraction of sp³-hybridized carbons (Fsp3) is 0.562. The van der Waals surface area contributed by atoms with Gasteiger partial charge in [0, 0.05) is 6.61 Å². The summed E-state index contributed by atoms with van der Waals surface area (Å²) in [6.45, 7) is 2.29. The molecule has 7 heteroatoms. The Morgan fingerprint density at radius 1 is 1.39 bits per heavy atom. The summed E-state index contributed by atoms with van der Waals surface area (Å²) in [6, 6.07) is 5.22. The van der Waals surface area contributed by atoms with Gasteiger partial charge in [-0.25, -0.2) is 0 Å². The summed E-state index contributed by atoms with van der Waals surface area (Å²) in [4.78, 5) is 12.0. The third-order valence-electron chi connectivity index (χ3n) is 3.67. The van der Waals surface area contributed by atoms with Gasteiger partial charge in [0.15, 0.2) is 6.04 Å². The number of carbonyl (C=O) groups excluding carboxylic acids is 1. The number of rotatable bonds is 6. The molecule has 1 aromatic carbocycles. The standard InChI is InChI=1S/C16H20F3NO3/c1-11(23-10-13-8-5-9-22-13)15(21)20-14(16(17,18)19)12-6-3-2-4-7-12/h2-4,6-7,11,13-14H,5,8-10H2,1H3,(H,20,21)/t11-,13-,14+/m0/s1. The third-order valence-corrected chi connectivity index (χ3v) is 3.67. The molecule has 1 aliphatic rings. The fourth-order valence-corrected chi connectivity index (χ4v) is 2.36. The zero-order chi connectivity index (χ0) is 16.9. The van der Waals surface area contributed by atoms with Crippen molar-refractivity contribution in [2.75, 3.05) is 13.2 Å². The molecule has 1 aromatic rings. The molecule has 3 atom stereocenters. The Balaban J connectivity index is 1.94. The van der Waals surface area contributed by atoms with Gasteiger partial charge in [-0.05, 0) is 25.3 Å². The quantitative estimate of drug-likeness (QED) is 0.872. The van der Waals surface area contributed by atoms with Gasteiger partial charge < -0.3 is 14.8 Å². The van der Waals surface area contributed by atoms with Crippen LogP contribution in [-0.4, -0.2) is 37.5 Å². The Morgan fingerprint density at radius 2 is 2.09 bits per heavy atom. The minimum Gasteiger partial charge on any atom is -0.376 e. The summed E-state index contributed by atoms with van der Waals surface area (Å²) in [5.74, 6) is -0.797. The smallest absolute Gasteiger partial charge is 0.376 e. The first-order valence-electron chi connectivity index (χ1n) is 7.53. The molecule has 0 aromatic heterocycles. The van der Waals surface area contributed by atoms with Crippen molar-refractivity contribution < 1.29 is 27.4 Å². The van der Waals surface area contributed by atoms with Gasteiger partial charge in [0.25, 0.3) is 0 Å². The van der Waals surface area contributed by atoms with Crippen LogP contribution in [0.15, 0.2) is 30.3 Å². The van der Waals surface area contributed by atoms with Crippen LogP contribution < -0.4 is 5.32 Å². The maximum Gasteiger partial charge on any atom is 0.412 e. The van der Waals surface area contributed by atoms with E-state index in [0.29, 0.717) is 6.61 Å². The van der Waals surface area contributed by atoms with E-state index in [1.165, 1.54) is 31.2 Å². The first-order chi connectivity index (χ1) is 10.9. The highest BCUT2D eigenvalue weighted by molar-refractivity contribution is 5.80. The molecule has 23 heavy (non-hydrogen) atoms. The molecule has 0 bridgehead atoms. The van der Waals surface area contributed by atoms with E-state index >= 15 is 0 Å². The van der Waals surface area contributed by atoms with Gasteiger partial charge in [-0.3, -0.25) is 4.79 Å². The third kappa shape index (κ3) is 5.21. The summed E-state index contributed by atoms with van der Waals surface area (Å²) in [7, 11) is 0. The van der Waals surface area contributed by atoms with Gasteiger partial charge in [0.1, 0.15) is 6.10 Å². The maximum atomic E-state index is 13.2. The molecule has 1 N–H and O–H groups in total. The number of nitrogens with one attached hydrogen (secondary N) is 1. The van der Waals surface area contributed by atoms with Gasteiger partial charge in [0.05, 0.1) is 12.7 Å². The summed E-state index contributed by atoms with van der Waals surface area (Å²) in [6.07, 6.45) is -3.88. The van der Waals surface area contributed by atoms with Crippen LogP contribution in [0.4, 0.5) is 13.2 Å². The summed E-state index contributed by atoms with van der Waals surface area (Å²) >= 11 is 0. The molecule has 2 rings (SSSR count). The Kier molecular flexibility index (Phi) is 6.01. The van der Waals surface area contributed by atoms with Crippen LogP contribution in [0.3, 0.4) is 0 Å². The first-order valence-corrected chi connectivity index (χ1v) is 7.53. The van der Waals surface area contributed by atoms with Crippen molar-refractivity contribution in [1.29, 1.82) is 0 Å². The van der Waals surface area contributed by atoms with Crippen molar-refractivity contribution >= 4 is 5.91 Å². The Bertz CT molecular complexity index is 501. The van der Waals surface area contributed by atoms with Crippen LogP contribution >= 0.6 is 0 Å². The number of halogens is 3. The van der Waals surface area contributed by atoms with Gasteiger partial charge in [-0.2, -0.15) is 13.2 Å². The molecular weight excluding hydrogens is 311 g/mol. The lowest BCUT2D eigenvalue weighted by molar-refractivity contribution is -0.167. The number of hydrogen-bond donors (Lipinski definition) is 1. The number of hydrogen-bond acceptors (Lipinski definition) is 3. The molecule has 0 aliphatic carbocycles. The number of ether oxygens (including phenoxy) is 2. The van der Waals surface area contributed by atoms with Crippen molar-refractivity contribution in [2.45, 2.75) is 44.2 Å². The van der Waals surface area contributed by atoms with Crippen molar-refractivity contribution in [3.05, 3.63) is 35.9 Å². The normalized spacial score (nSPS) is 21.0. The Labute approximate surface area is 133 Å². The lowest BCUT2D eigenvalue weighted by Crippen LogP contribution is -2.43. The van der Waals surface area contributed by atoms with E-state index in [2.05, 4.69) is 0 Å². The van der Waals surface area contributed by atoms with Crippen molar-refractivity contribution in [1.82, 2.24) is 5.32 Å². The van der Waals surface area contributed by atoms with Crippen molar-refractivity contribution in [3.63, 3.8) is 0 Å². The second-order valence-corrected chi connectivity index (χ2v) is 5.50. The van der Waals surface area contributed by atoms with Gasteiger partial charge in [-0.15, -0.1) is 0 Å². The topological polar surface area (TPSA) is 47.6 Å². The van der Waals surface area contributed by atoms with Gasteiger partial charge >= 0.3 is 6.18 Å².